The van der Waals surface area contributed by atoms with E-state index in [0.717, 1.165) is 50.6 Å². The van der Waals surface area contributed by atoms with Gasteiger partial charge in [0.25, 0.3) is 5.91 Å². The molecular formula is C21H29N5O. The van der Waals surface area contributed by atoms with E-state index in [4.69, 9.17) is 0 Å². The van der Waals surface area contributed by atoms with Crippen LogP contribution in [0.4, 0.5) is 17.1 Å². The molecule has 0 atom stereocenters. The van der Waals surface area contributed by atoms with Gasteiger partial charge in [0.15, 0.2) is 0 Å². The lowest BCUT2D eigenvalue weighted by Crippen LogP contribution is -2.47. The predicted molar refractivity (Wildman–Crippen MR) is 111 cm³/mol. The number of aromatic nitrogens is 1. The Morgan fingerprint density at radius 3 is 2.19 bits per heavy atom. The Kier molecular flexibility index (Phi) is 6.29. The van der Waals surface area contributed by atoms with E-state index >= 15 is 0 Å². The van der Waals surface area contributed by atoms with Crippen molar-refractivity contribution in [3.05, 3.63) is 48.3 Å². The lowest BCUT2D eigenvalue weighted by atomic mass is 10.2. The molecule has 1 saturated heterocycles. The fourth-order valence-electron chi connectivity index (χ4n) is 3.28. The molecule has 0 bridgehead atoms. The number of carbonyl (C=O) groups is 1. The number of carbonyl (C=O) groups excluding carboxylic acids is 1. The number of pyridine rings is 1. The average Bonchev–Trinajstić information content (AvgIpc) is 2.71. The van der Waals surface area contributed by atoms with Crippen LogP contribution in [0.2, 0.25) is 0 Å². The van der Waals surface area contributed by atoms with Crippen LogP contribution in [-0.4, -0.2) is 67.0 Å². The molecule has 2 aromatic rings. The smallest absolute Gasteiger partial charge is 0.272 e. The maximum absolute atomic E-state index is 12.6. The van der Waals surface area contributed by atoms with Gasteiger partial charge in [0.1, 0.15) is 5.69 Å². The Bertz CT molecular complexity index is 732. The first-order valence-electron chi connectivity index (χ1n) is 9.66. The lowest BCUT2D eigenvalue weighted by molar-refractivity contribution is 0.0658. The minimum atomic E-state index is 0.0122. The number of rotatable bonds is 6. The van der Waals surface area contributed by atoms with Crippen molar-refractivity contribution in [2.75, 3.05) is 56.5 Å². The molecule has 1 aromatic carbocycles. The number of anilines is 3. The van der Waals surface area contributed by atoms with Crippen molar-refractivity contribution in [1.29, 1.82) is 0 Å². The van der Waals surface area contributed by atoms with Gasteiger partial charge in [-0.05, 0) is 57.3 Å². The highest BCUT2D eigenvalue weighted by atomic mass is 16.2. The third-order valence-electron chi connectivity index (χ3n) is 5.06. The molecule has 144 valence electrons. The van der Waals surface area contributed by atoms with Gasteiger partial charge in [-0.15, -0.1) is 0 Å². The summed E-state index contributed by atoms with van der Waals surface area (Å²) in [6, 6.07) is 12.1. The van der Waals surface area contributed by atoms with Crippen molar-refractivity contribution in [2.24, 2.45) is 0 Å². The Morgan fingerprint density at radius 1 is 1.00 bits per heavy atom. The maximum Gasteiger partial charge on any atom is 0.272 e. The Hall–Kier alpha value is -2.60. The molecule has 3 rings (SSSR count). The predicted octanol–water partition coefficient (Wildman–Crippen LogP) is 3.06. The monoisotopic (exact) mass is 367 g/mol. The maximum atomic E-state index is 12.6. The number of nitrogens with one attached hydrogen (secondary N) is 1. The number of likely N-dealkylation sites (N-methyl/N-ethyl adjacent to an activating group) is 1. The molecule has 1 aliphatic rings. The topological polar surface area (TPSA) is 51.7 Å². The van der Waals surface area contributed by atoms with Crippen LogP contribution in [0.5, 0.6) is 0 Å². The van der Waals surface area contributed by atoms with Crippen molar-refractivity contribution in [2.45, 2.75) is 13.8 Å². The normalized spacial score (nSPS) is 14.9. The van der Waals surface area contributed by atoms with Crippen LogP contribution in [-0.2, 0) is 0 Å². The van der Waals surface area contributed by atoms with Crippen LogP contribution in [0.25, 0.3) is 0 Å². The molecule has 2 heterocycles. The van der Waals surface area contributed by atoms with E-state index in [1.165, 1.54) is 5.69 Å². The zero-order chi connectivity index (χ0) is 19.2. The number of hydrogen-bond donors (Lipinski definition) is 1. The van der Waals surface area contributed by atoms with Gasteiger partial charge in [0, 0.05) is 50.6 Å². The van der Waals surface area contributed by atoms with Gasteiger partial charge in [-0.25, -0.2) is 4.98 Å². The first-order chi connectivity index (χ1) is 13.1. The molecule has 0 unspecified atom stereocenters. The molecule has 0 aliphatic carbocycles. The van der Waals surface area contributed by atoms with Crippen LogP contribution >= 0.6 is 0 Å². The molecule has 1 N–H and O–H groups in total. The van der Waals surface area contributed by atoms with Crippen LogP contribution in [0.1, 0.15) is 24.3 Å². The van der Waals surface area contributed by atoms with Gasteiger partial charge in [0.2, 0.25) is 0 Å². The molecule has 0 radical (unpaired) electrons. The summed E-state index contributed by atoms with van der Waals surface area (Å²) in [4.78, 5) is 23.3. The summed E-state index contributed by atoms with van der Waals surface area (Å²) >= 11 is 0. The Labute approximate surface area is 161 Å². The molecule has 6 nitrogen and oxygen atoms in total. The third kappa shape index (κ3) is 4.77. The Balaban J connectivity index is 1.61. The van der Waals surface area contributed by atoms with E-state index in [1.807, 2.05) is 11.0 Å². The number of nitrogens with zero attached hydrogens (tertiary/aromatic N) is 4. The fraction of sp³-hybridized carbons (Fsp3) is 0.429. The molecule has 1 aromatic heterocycles. The largest absolute Gasteiger partial charge is 0.372 e. The number of benzene rings is 1. The molecule has 0 saturated carbocycles. The first-order valence-corrected chi connectivity index (χ1v) is 9.66. The minimum absolute atomic E-state index is 0.0122. The highest BCUT2D eigenvalue weighted by molar-refractivity contribution is 5.92. The second-order valence-corrected chi connectivity index (χ2v) is 6.87. The molecule has 1 fully saturated rings. The second-order valence-electron chi connectivity index (χ2n) is 6.87. The average molecular weight is 367 g/mol. The lowest BCUT2D eigenvalue weighted by Gasteiger charge is -2.32. The van der Waals surface area contributed by atoms with Crippen molar-refractivity contribution >= 4 is 23.0 Å². The highest BCUT2D eigenvalue weighted by Crippen LogP contribution is 2.21. The first kappa shape index (κ1) is 19.2. The molecule has 1 amide bonds. The van der Waals surface area contributed by atoms with Gasteiger partial charge in [-0.1, -0.05) is 0 Å². The van der Waals surface area contributed by atoms with E-state index in [2.05, 4.69) is 65.3 Å². The molecular weight excluding hydrogens is 338 g/mol. The van der Waals surface area contributed by atoms with Crippen molar-refractivity contribution < 1.29 is 4.79 Å². The summed E-state index contributed by atoms with van der Waals surface area (Å²) < 4.78 is 0. The SMILES string of the molecule is CCN(CC)c1ccc(Nc2ccc(C(=O)N3CCN(C)CC3)nc2)cc1. The standard InChI is InChI=1S/C21H29N5O/c1-4-25(5-2)19-9-6-17(7-10-19)23-18-8-11-20(22-16-18)21(27)26-14-12-24(3)13-15-26/h6-11,16,23H,4-5,12-15H2,1-3H3. The van der Waals surface area contributed by atoms with E-state index < -0.39 is 0 Å². The van der Waals surface area contributed by atoms with E-state index in [9.17, 15) is 4.79 Å². The van der Waals surface area contributed by atoms with Crippen LogP contribution in [0, 0.1) is 0 Å². The molecule has 0 spiro atoms. The van der Waals surface area contributed by atoms with E-state index in [-0.39, 0.29) is 5.91 Å². The van der Waals surface area contributed by atoms with E-state index in [0.29, 0.717) is 5.69 Å². The van der Waals surface area contributed by atoms with Crippen molar-refractivity contribution in [3.8, 4) is 0 Å². The summed E-state index contributed by atoms with van der Waals surface area (Å²) in [5.41, 5.74) is 3.60. The van der Waals surface area contributed by atoms with E-state index in [1.54, 1.807) is 12.3 Å². The molecule has 1 aliphatic heterocycles. The quantitative estimate of drug-likeness (QED) is 0.850. The van der Waals surface area contributed by atoms with Gasteiger partial charge in [-0.3, -0.25) is 4.79 Å². The molecule has 27 heavy (non-hydrogen) atoms. The zero-order valence-corrected chi connectivity index (χ0v) is 16.5. The fourth-order valence-corrected chi connectivity index (χ4v) is 3.28. The van der Waals surface area contributed by atoms with Crippen LogP contribution in [0.3, 0.4) is 0 Å². The summed E-state index contributed by atoms with van der Waals surface area (Å²) in [6.45, 7) is 9.65. The third-order valence-corrected chi connectivity index (χ3v) is 5.06. The minimum Gasteiger partial charge on any atom is -0.372 e. The summed E-state index contributed by atoms with van der Waals surface area (Å²) in [5.74, 6) is 0.0122. The zero-order valence-electron chi connectivity index (χ0n) is 16.5. The molecule has 6 heteroatoms. The summed E-state index contributed by atoms with van der Waals surface area (Å²) in [6.07, 6.45) is 1.72. The summed E-state index contributed by atoms with van der Waals surface area (Å²) in [5, 5.41) is 3.34. The van der Waals surface area contributed by atoms with Crippen LogP contribution < -0.4 is 10.2 Å². The van der Waals surface area contributed by atoms with Gasteiger partial charge in [0.05, 0.1) is 11.9 Å². The second kappa shape index (κ2) is 8.86. The van der Waals surface area contributed by atoms with Crippen molar-refractivity contribution in [3.63, 3.8) is 0 Å². The number of amides is 1. The number of piperazine rings is 1. The van der Waals surface area contributed by atoms with Gasteiger partial charge in [-0.2, -0.15) is 0 Å². The van der Waals surface area contributed by atoms with Gasteiger partial charge < -0.3 is 20.0 Å². The van der Waals surface area contributed by atoms with Gasteiger partial charge >= 0.3 is 0 Å². The van der Waals surface area contributed by atoms with Crippen molar-refractivity contribution in [1.82, 2.24) is 14.8 Å². The highest BCUT2D eigenvalue weighted by Gasteiger charge is 2.21. The summed E-state index contributed by atoms with van der Waals surface area (Å²) in [7, 11) is 2.08. The van der Waals surface area contributed by atoms with Crippen LogP contribution in [0.15, 0.2) is 42.6 Å². The Morgan fingerprint density at radius 2 is 1.63 bits per heavy atom. The number of hydrogen-bond acceptors (Lipinski definition) is 5.